The summed E-state index contributed by atoms with van der Waals surface area (Å²) in [4.78, 5) is 31.2. The molecule has 0 aliphatic rings. The van der Waals surface area contributed by atoms with E-state index in [1.165, 1.54) is 19.3 Å². The molecule has 366 valence electrons. The number of carbonyl (C=O) groups is 2. The number of rotatable bonds is 33. The summed E-state index contributed by atoms with van der Waals surface area (Å²) in [5, 5.41) is 73.8. The lowest BCUT2D eigenvalue weighted by Crippen LogP contribution is -2.23. The quantitative estimate of drug-likeness (QED) is 0.0182. The van der Waals surface area contributed by atoms with E-state index < -0.39 is 42.6 Å². The average Bonchev–Trinajstić information content (AvgIpc) is 3.85. The first-order chi connectivity index (χ1) is 32.4. The van der Waals surface area contributed by atoms with Crippen molar-refractivity contribution in [3.63, 3.8) is 0 Å². The van der Waals surface area contributed by atoms with Gasteiger partial charge in [0, 0.05) is 31.4 Å². The number of aryl methyl sites for hydroxylation is 1. The number of benzene rings is 2. The molecular weight excluding hydrogens is 859 g/mol. The Morgan fingerprint density at radius 3 is 1.90 bits per heavy atom. The SMILES string of the molecule is CCCCC[C@H](O)[C@H](O)/C=C/c1cc(OCc2cc(CCCCC[C@H](O)[C@H](O)/C=C/c3cc(OCCn4ccnc4)ccc3C(O)CCCC(=O)O)ccn2)ccc1C(O)CCCC(=O)OC. The average molecular weight is 930 g/mol. The van der Waals surface area contributed by atoms with E-state index in [2.05, 4.69) is 16.9 Å². The fourth-order valence-corrected chi connectivity index (χ4v) is 7.55. The van der Waals surface area contributed by atoms with E-state index in [1.54, 1.807) is 67.3 Å². The third kappa shape index (κ3) is 20.1. The summed E-state index contributed by atoms with van der Waals surface area (Å²) >= 11 is 0. The summed E-state index contributed by atoms with van der Waals surface area (Å²) < 4.78 is 18.7. The first-order valence-electron chi connectivity index (χ1n) is 23.5. The van der Waals surface area contributed by atoms with Crippen molar-refractivity contribution in [1.82, 2.24) is 14.5 Å². The number of carbonyl (C=O) groups excluding carboxylic acids is 1. The number of pyridine rings is 1. The van der Waals surface area contributed by atoms with Crippen LogP contribution in [0, 0.1) is 0 Å². The van der Waals surface area contributed by atoms with Crippen molar-refractivity contribution in [3.8, 4) is 11.5 Å². The highest BCUT2D eigenvalue weighted by molar-refractivity contribution is 5.69. The second-order valence-electron chi connectivity index (χ2n) is 16.9. The zero-order valence-electron chi connectivity index (χ0n) is 38.9. The molecule has 4 rings (SSSR count). The lowest BCUT2D eigenvalue weighted by Gasteiger charge is -2.17. The van der Waals surface area contributed by atoms with Gasteiger partial charge in [0.15, 0.2) is 0 Å². The van der Waals surface area contributed by atoms with Crippen LogP contribution in [-0.4, -0.2) is 100 Å². The van der Waals surface area contributed by atoms with Crippen molar-refractivity contribution in [2.75, 3.05) is 13.7 Å². The Bertz CT molecular complexity index is 2110. The van der Waals surface area contributed by atoms with Crippen LogP contribution < -0.4 is 9.47 Å². The zero-order chi connectivity index (χ0) is 48.4. The van der Waals surface area contributed by atoms with Gasteiger partial charge in [0.25, 0.3) is 0 Å². The predicted molar refractivity (Wildman–Crippen MR) is 255 cm³/mol. The number of methoxy groups -OCH3 is 1. The van der Waals surface area contributed by atoms with Crippen LogP contribution in [0.3, 0.4) is 0 Å². The summed E-state index contributed by atoms with van der Waals surface area (Å²) in [5.41, 5.74) is 4.17. The fourth-order valence-electron chi connectivity index (χ4n) is 7.55. The first-order valence-corrected chi connectivity index (χ1v) is 23.5. The van der Waals surface area contributed by atoms with Gasteiger partial charge >= 0.3 is 11.9 Å². The highest BCUT2D eigenvalue weighted by Gasteiger charge is 2.18. The minimum absolute atomic E-state index is 0.0597. The number of ether oxygens (including phenoxy) is 3. The number of imidazole rings is 1. The fraction of sp³-hybridized carbons (Fsp3) is 0.500. The van der Waals surface area contributed by atoms with Gasteiger partial charge in [0.05, 0.1) is 62.3 Å². The van der Waals surface area contributed by atoms with E-state index in [4.69, 9.17) is 19.3 Å². The van der Waals surface area contributed by atoms with E-state index in [-0.39, 0.29) is 31.8 Å². The second-order valence-corrected chi connectivity index (χ2v) is 16.9. The summed E-state index contributed by atoms with van der Waals surface area (Å²) in [6.07, 6.45) is 15.5. The van der Waals surface area contributed by atoms with Crippen molar-refractivity contribution in [2.24, 2.45) is 0 Å². The number of esters is 1. The number of aliphatic hydroxyl groups excluding tert-OH is 6. The van der Waals surface area contributed by atoms with Gasteiger partial charge < -0.3 is 54.5 Å². The van der Waals surface area contributed by atoms with Gasteiger partial charge in [-0.05, 0) is 116 Å². The summed E-state index contributed by atoms with van der Waals surface area (Å²) in [6.45, 7) is 3.22. The van der Waals surface area contributed by atoms with Crippen LogP contribution in [0.4, 0.5) is 0 Å². The molecule has 0 amide bonds. The Balaban J connectivity index is 1.29. The number of aliphatic carboxylic acids is 1. The molecule has 0 fully saturated rings. The van der Waals surface area contributed by atoms with Crippen molar-refractivity contribution in [2.45, 2.75) is 153 Å². The molecule has 15 heteroatoms. The molecule has 15 nitrogen and oxygen atoms in total. The zero-order valence-corrected chi connectivity index (χ0v) is 38.9. The summed E-state index contributed by atoms with van der Waals surface area (Å²) in [6, 6.07) is 14.5. The molecule has 7 N–H and O–H groups in total. The predicted octanol–water partition coefficient (Wildman–Crippen LogP) is 7.45. The minimum atomic E-state index is -1.16. The van der Waals surface area contributed by atoms with Crippen molar-refractivity contribution >= 4 is 24.1 Å². The van der Waals surface area contributed by atoms with Gasteiger partial charge in [-0.2, -0.15) is 0 Å². The molecular formula is C52H71N3O12. The lowest BCUT2D eigenvalue weighted by molar-refractivity contribution is -0.141. The third-order valence-electron chi connectivity index (χ3n) is 11.5. The number of nitrogens with zero attached hydrogens (tertiary/aromatic N) is 3. The number of hydrogen-bond acceptors (Lipinski definition) is 13. The number of aliphatic hydroxyl groups is 6. The molecule has 0 aliphatic heterocycles. The second kappa shape index (κ2) is 30.1. The molecule has 2 unspecified atom stereocenters. The van der Waals surface area contributed by atoms with E-state index in [1.807, 2.05) is 22.9 Å². The Labute approximate surface area is 394 Å². The van der Waals surface area contributed by atoms with Crippen LogP contribution in [0.5, 0.6) is 11.5 Å². The van der Waals surface area contributed by atoms with E-state index >= 15 is 0 Å². The normalized spacial score (nSPS) is 14.4. The maximum absolute atomic E-state index is 11.6. The highest BCUT2D eigenvalue weighted by atomic mass is 16.5. The molecule has 0 saturated carbocycles. The van der Waals surface area contributed by atoms with E-state index in [0.717, 1.165) is 49.8 Å². The van der Waals surface area contributed by atoms with Crippen LogP contribution in [0.25, 0.3) is 12.2 Å². The molecule has 6 atom stereocenters. The van der Waals surface area contributed by atoms with E-state index in [9.17, 15) is 40.2 Å². The van der Waals surface area contributed by atoms with Crippen LogP contribution >= 0.6 is 0 Å². The smallest absolute Gasteiger partial charge is 0.305 e. The molecule has 2 aromatic heterocycles. The Hall–Kier alpha value is -5.42. The van der Waals surface area contributed by atoms with Gasteiger partial charge in [-0.1, -0.05) is 75.5 Å². The van der Waals surface area contributed by atoms with Crippen LogP contribution in [0.15, 0.2) is 85.6 Å². The molecule has 0 saturated heterocycles. The molecule has 0 bridgehead atoms. The molecule has 67 heavy (non-hydrogen) atoms. The number of hydrogen-bond donors (Lipinski definition) is 7. The van der Waals surface area contributed by atoms with Crippen LogP contribution in [0.1, 0.15) is 143 Å². The summed E-state index contributed by atoms with van der Waals surface area (Å²) in [5.74, 6) is -0.196. The molecule has 2 aromatic carbocycles. The maximum Gasteiger partial charge on any atom is 0.305 e. The molecule has 0 radical (unpaired) electrons. The van der Waals surface area contributed by atoms with Crippen molar-refractivity contribution in [1.29, 1.82) is 0 Å². The van der Waals surface area contributed by atoms with Gasteiger partial charge in [-0.3, -0.25) is 14.6 Å². The maximum atomic E-state index is 11.6. The molecule has 4 aromatic rings. The van der Waals surface area contributed by atoms with Crippen molar-refractivity contribution in [3.05, 3.63) is 119 Å². The van der Waals surface area contributed by atoms with Gasteiger partial charge in [0.1, 0.15) is 24.7 Å². The van der Waals surface area contributed by atoms with Gasteiger partial charge in [-0.25, -0.2) is 4.98 Å². The highest BCUT2D eigenvalue weighted by Crippen LogP contribution is 2.30. The van der Waals surface area contributed by atoms with Gasteiger partial charge in [-0.15, -0.1) is 0 Å². The topological polar surface area (TPSA) is 234 Å². The molecule has 0 aliphatic carbocycles. The van der Waals surface area contributed by atoms with Crippen LogP contribution in [0.2, 0.25) is 0 Å². The van der Waals surface area contributed by atoms with E-state index in [0.29, 0.717) is 85.4 Å². The monoisotopic (exact) mass is 930 g/mol. The largest absolute Gasteiger partial charge is 0.492 e. The number of carboxylic acids is 1. The first kappa shape index (κ1) is 54.2. The van der Waals surface area contributed by atoms with Crippen molar-refractivity contribution < 1.29 is 59.5 Å². The van der Waals surface area contributed by atoms with Crippen LogP contribution in [-0.2, 0) is 33.9 Å². The number of aromatic nitrogens is 3. The standard InChI is InChI=1S/C52H71N3O12/c1-3-4-6-12-47(58)49(60)25-19-39-34-42(21-23-44(39)46(57)15-10-17-52(64)65-2)67-35-40-32-37(26-27-54-40)11-7-5-8-13-48(59)50(61)24-18-38-33-41(66-31-30-55-29-28-53-36-55)20-22-43(38)45(56)14-9-16-51(62)63/h18-29,32-34,36,45-50,56-61H,3-17,30-31,35H2,1-2H3,(H,62,63)/b24-18+,25-19+/t45?,46?,47-,48-,49+,50+/m0/s1. The number of unbranched alkanes of at least 4 members (excludes halogenated alkanes) is 4. The Kier molecular flexibility index (Phi) is 24.3. The number of carboxylic acid groups (broad SMARTS) is 1. The Morgan fingerprint density at radius 1 is 0.701 bits per heavy atom. The summed E-state index contributed by atoms with van der Waals surface area (Å²) in [7, 11) is 1.33. The third-order valence-corrected chi connectivity index (χ3v) is 11.5. The van der Waals surface area contributed by atoms with Gasteiger partial charge in [0.2, 0.25) is 0 Å². The minimum Gasteiger partial charge on any atom is -0.492 e. The molecule has 2 heterocycles. The molecule has 0 spiro atoms. The Morgan fingerprint density at radius 2 is 1.31 bits per heavy atom. The lowest BCUT2D eigenvalue weighted by atomic mass is 9.96.